The van der Waals surface area contributed by atoms with Crippen LogP contribution in [0.3, 0.4) is 0 Å². The number of carbonyl (C=O) groups is 2. The number of amides is 1. The Balaban J connectivity index is 3.02. The van der Waals surface area contributed by atoms with Crippen molar-refractivity contribution >= 4 is 27.8 Å². The smallest absolute Gasteiger partial charge is 0.323 e. The molecule has 0 heterocycles. The summed E-state index contributed by atoms with van der Waals surface area (Å²) in [5.41, 5.74) is 1.35. The van der Waals surface area contributed by atoms with E-state index in [1.165, 1.54) is 4.90 Å². The summed E-state index contributed by atoms with van der Waals surface area (Å²) in [4.78, 5) is 24.1. The van der Waals surface area contributed by atoms with Crippen molar-refractivity contribution in [2.45, 2.75) is 13.8 Å². The minimum absolute atomic E-state index is 0.256. The number of carbonyl (C=O) groups excluding carboxylic acids is 1. The van der Waals surface area contributed by atoms with Gasteiger partial charge in [-0.25, -0.2) is 0 Å². The van der Waals surface area contributed by atoms with Gasteiger partial charge in [0.05, 0.1) is 0 Å². The molecule has 0 spiro atoms. The van der Waals surface area contributed by atoms with E-state index in [4.69, 9.17) is 5.11 Å². The third kappa shape index (κ3) is 3.30. The molecule has 0 aliphatic carbocycles. The van der Waals surface area contributed by atoms with E-state index in [1.54, 1.807) is 19.1 Å². The van der Waals surface area contributed by atoms with Gasteiger partial charge in [-0.05, 0) is 31.5 Å². The zero-order valence-electron chi connectivity index (χ0n) is 9.74. The van der Waals surface area contributed by atoms with Gasteiger partial charge in [0.15, 0.2) is 0 Å². The van der Waals surface area contributed by atoms with E-state index in [9.17, 15) is 9.59 Å². The summed E-state index contributed by atoms with van der Waals surface area (Å²) >= 11 is 3.35. The predicted octanol–water partition coefficient (Wildman–Crippen LogP) is 2.30. The van der Waals surface area contributed by atoms with Gasteiger partial charge in [-0.3, -0.25) is 9.59 Å². The Morgan fingerprint density at radius 1 is 1.41 bits per heavy atom. The van der Waals surface area contributed by atoms with Crippen LogP contribution in [0.5, 0.6) is 0 Å². The number of halogens is 1. The van der Waals surface area contributed by atoms with Crippen LogP contribution in [-0.4, -0.2) is 35.0 Å². The second-order valence-corrected chi connectivity index (χ2v) is 4.48. The molecule has 0 saturated heterocycles. The highest BCUT2D eigenvalue weighted by molar-refractivity contribution is 9.10. The molecule has 0 radical (unpaired) electrons. The Morgan fingerprint density at radius 3 is 2.59 bits per heavy atom. The standard InChI is InChI=1S/C12H14BrNO3/c1-3-14(7-11(15)16)12(17)9-5-4-6-10(13)8(9)2/h4-6H,3,7H2,1-2H3,(H,15,16). The molecule has 1 aromatic rings. The molecule has 0 unspecified atom stereocenters. The molecule has 0 aromatic heterocycles. The maximum atomic E-state index is 12.1. The van der Waals surface area contributed by atoms with E-state index in [0.717, 1.165) is 10.0 Å². The van der Waals surface area contributed by atoms with Gasteiger partial charge < -0.3 is 10.0 Å². The molecule has 0 saturated carbocycles. The molecule has 4 nitrogen and oxygen atoms in total. The topological polar surface area (TPSA) is 57.6 Å². The lowest BCUT2D eigenvalue weighted by Gasteiger charge is -2.19. The molecule has 1 amide bonds. The number of benzene rings is 1. The third-order valence-corrected chi connectivity index (χ3v) is 3.35. The molecule has 17 heavy (non-hydrogen) atoms. The second kappa shape index (κ2) is 5.82. The molecule has 1 rings (SSSR count). The summed E-state index contributed by atoms with van der Waals surface area (Å²) in [5, 5.41) is 8.73. The first kappa shape index (κ1) is 13.7. The summed E-state index contributed by atoms with van der Waals surface area (Å²) in [7, 11) is 0. The Hall–Kier alpha value is -1.36. The van der Waals surface area contributed by atoms with Gasteiger partial charge in [0.1, 0.15) is 6.54 Å². The first-order valence-corrected chi connectivity index (χ1v) is 6.02. The average Bonchev–Trinajstić information content (AvgIpc) is 2.28. The van der Waals surface area contributed by atoms with Crippen molar-refractivity contribution in [2.75, 3.05) is 13.1 Å². The Bertz CT molecular complexity index is 445. The maximum Gasteiger partial charge on any atom is 0.323 e. The molecule has 0 aliphatic heterocycles. The fourth-order valence-corrected chi connectivity index (χ4v) is 1.87. The maximum absolute atomic E-state index is 12.1. The largest absolute Gasteiger partial charge is 0.480 e. The Morgan fingerprint density at radius 2 is 2.06 bits per heavy atom. The Labute approximate surface area is 108 Å². The molecular weight excluding hydrogens is 286 g/mol. The van der Waals surface area contributed by atoms with Crippen molar-refractivity contribution in [3.63, 3.8) is 0 Å². The quantitative estimate of drug-likeness (QED) is 0.928. The van der Waals surface area contributed by atoms with E-state index in [1.807, 2.05) is 13.0 Å². The van der Waals surface area contributed by atoms with Gasteiger partial charge >= 0.3 is 5.97 Å². The molecule has 92 valence electrons. The van der Waals surface area contributed by atoms with Crippen molar-refractivity contribution in [1.82, 2.24) is 4.90 Å². The van der Waals surface area contributed by atoms with Crippen molar-refractivity contribution < 1.29 is 14.7 Å². The van der Waals surface area contributed by atoms with Crippen LogP contribution in [0, 0.1) is 6.92 Å². The van der Waals surface area contributed by atoms with Crippen LogP contribution in [0.15, 0.2) is 22.7 Å². The van der Waals surface area contributed by atoms with Gasteiger partial charge in [0.25, 0.3) is 5.91 Å². The Kier molecular flexibility index (Phi) is 4.69. The molecule has 0 aliphatic rings. The summed E-state index contributed by atoms with van der Waals surface area (Å²) < 4.78 is 0.842. The van der Waals surface area contributed by atoms with Crippen LogP contribution in [-0.2, 0) is 4.79 Å². The van der Waals surface area contributed by atoms with Crippen molar-refractivity contribution in [3.8, 4) is 0 Å². The predicted molar refractivity (Wildman–Crippen MR) is 68.1 cm³/mol. The summed E-state index contributed by atoms with van der Waals surface area (Å²) in [6.45, 7) is 3.68. The number of carboxylic acids is 1. The number of aliphatic carboxylic acids is 1. The number of likely N-dealkylation sites (N-methyl/N-ethyl adjacent to an activating group) is 1. The lowest BCUT2D eigenvalue weighted by atomic mass is 10.1. The van der Waals surface area contributed by atoms with Crippen molar-refractivity contribution in [2.24, 2.45) is 0 Å². The average molecular weight is 300 g/mol. The minimum atomic E-state index is -1.01. The zero-order chi connectivity index (χ0) is 13.0. The van der Waals surface area contributed by atoms with Crippen molar-refractivity contribution in [3.05, 3.63) is 33.8 Å². The van der Waals surface area contributed by atoms with E-state index in [-0.39, 0.29) is 12.5 Å². The van der Waals surface area contributed by atoms with Gasteiger partial charge in [-0.1, -0.05) is 22.0 Å². The highest BCUT2D eigenvalue weighted by Gasteiger charge is 2.19. The molecular formula is C12H14BrNO3. The normalized spacial score (nSPS) is 10.1. The molecule has 0 bridgehead atoms. The number of nitrogens with zero attached hydrogens (tertiary/aromatic N) is 1. The lowest BCUT2D eigenvalue weighted by molar-refractivity contribution is -0.137. The SMILES string of the molecule is CCN(CC(=O)O)C(=O)c1cccc(Br)c1C. The number of hydrogen-bond donors (Lipinski definition) is 1. The van der Waals surface area contributed by atoms with Gasteiger partial charge in [0.2, 0.25) is 0 Å². The van der Waals surface area contributed by atoms with Crippen molar-refractivity contribution in [1.29, 1.82) is 0 Å². The number of rotatable bonds is 4. The third-order valence-electron chi connectivity index (χ3n) is 2.49. The summed E-state index contributed by atoms with van der Waals surface area (Å²) in [6.07, 6.45) is 0. The fourth-order valence-electron chi connectivity index (χ4n) is 1.50. The first-order chi connectivity index (χ1) is 7.97. The second-order valence-electron chi connectivity index (χ2n) is 3.63. The summed E-state index contributed by atoms with van der Waals surface area (Å²) in [6, 6.07) is 5.31. The van der Waals surface area contributed by atoms with E-state index >= 15 is 0 Å². The molecule has 1 N–H and O–H groups in total. The van der Waals surface area contributed by atoms with Gasteiger partial charge in [-0.2, -0.15) is 0 Å². The van der Waals surface area contributed by atoms with E-state index in [0.29, 0.717) is 12.1 Å². The van der Waals surface area contributed by atoms with Gasteiger partial charge in [-0.15, -0.1) is 0 Å². The molecule has 0 fully saturated rings. The monoisotopic (exact) mass is 299 g/mol. The lowest BCUT2D eigenvalue weighted by Crippen LogP contribution is -2.35. The van der Waals surface area contributed by atoms with Crippen LogP contribution >= 0.6 is 15.9 Å². The van der Waals surface area contributed by atoms with Crippen LogP contribution in [0.25, 0.3) is 0 Å². The van der Waals surface area contributed by atoms with Crippen LogP contribution in [0.2, 0.25) is 0 Å². The van der Waals surface area contributed by atoms with Crippen LogP contribution in [0.4, 0.5) is 0 Å². The zero-order valence-corrected chi connectivity index (χ0v) is 11.3. The first-order valence-electron chi connectivity index (χ1n) is 5.23. The van der Waals surface area contributed by atoms with Gasteiger partial charge in [0, 0.05) is 16.6 Å². The molecule has 5 heteroatoms. The van der Waals surface area contributed by atoms with Crippen LogP contribution in [0.1, 0.15) is 22.8 Å². The minimum Gasteiger partial charge on any atom is -0.480 e. The van der Waals surface area contributed by atoms with E-state index < -0.39 is 5.97 Å². The highest BCUT2D eigenvalue weighted by atomic mass is 79.9. The highest BCUT2D eigenvalue weighted by Crippen LogP contribution is 2.20. The van der Waals surface area contributed by atoms with E-state index in [2.05, 4.69) is 15.9 Å². The number of carboxylic acid groups (broad SMARTS) is 1. The molecule has 1 aromatic carbocycles. The molecule has 0 atom stereocenters. The van der Waals surface area contributed by atoms with Crippen LogP contribution < -0.4 is 0 Å². The summed E-state index contributed by atoms with van der Waals surface area (Å²) in [5.74, 6) is -1.26. The fraction of sp³-hybridized carbons (Fsp3) is 0.333. The number of hydrogen-bond acceptors (Lipinski definition) is 2.